The van der Waals surface area contributed by atoms with Gasteiger partial charge in [0.15, 0.2) is 0 Å². The number of rotatable bonds is 3. The van der Waals surface area contributed by atoms with Gasteiger partial charge in [-0.15, -0.1) is 0 Å². The number of piperazine rings is 1. The predicted molar refractivity (Wildman–Crippen MR) is 116 cm³/mol. The number of hydrogen-bond donors (Lipinski definition) is 2. The van der Waals surface area contributed by atoms with Gasteiger partial charge in [-0.2, -0.15) is 0 Å². The van der Waals surface area contributed by atoms with E-state index in [9.17, 15) is 9.59 Å². The lowest BCUT2D eigenvalue weighted by Gasteiger charge is -2.36. The van der Waals surface area contributed by atoms with E-state index in [4.69, 9.17) is 10.2 Å². The zero-order valence-corrected chi connectivity index (χ0v) is 17.4. The summed E-state index contributed by atoms with van der Waals surface area (Å²) in [5.41, 5.74) is 3.88. The maximum Gasteiger partial charge on any atom is 0.328 e. The SMILES string of the molecule is CN1CCN(C2=Cc3cccnc3Sc3ccccc32)CC1.O=C(O)/C=C\C(=O)O. The molecule has 1 aromatic carbocycles. The van der Waals surface area contributed by atoms with Gasteiger partial charge in [-0.25, -0.2) is 14.6 Å². The maximum absolute atomic E-state index is 9.55. The summed E-state index contributed by atoms with van der Waals surface area (Å²) in [5, 5.41) is 16.7. The standard InChI is InChI=1S/C18H19N3S.C4H4O4/c1-20-9-11-21(12-10-20)16-13-14-5-4-8-19-18(14)22-17-7-3-2-6-15(16)17;5-3(6)1-2-4(7)8/h2-8,13H,9-12H2,1H3;1-2H,(H,5,6)(H,7,8)/b;2-1-. The van der Waals surface area contributed by atoms with Gasteiger partial charge in [0.05, 0.1) is 0 Å². The molecule has 0 bridgehead atoms. The third-order valence-corrected chi connectivity index (χ3v) is 5.79. The van der Waals surface area contributed by atoms with Crippen LogP contribution < -0.4 is 0 Å². The second-order valence-electron chi connectivity index (χ2n) is 6.83. The number of hydrogen-bond acceptors (Lipinski definition) is 6. The van der Waals surface area contributed by atoms with Gasteiger partial charge in [0.1, 0.15) is 5.03 Å². The summed E-state index contributed by atoms with van der Waals surface area (Å²) in [5.74, 6) is -2.51. The molecule has 2 aliphatic heterocycles. The maximum atomic E-state index is 9.55. The quantitative estimate of drug-likeness (QED) is 0.725. The van der Waals surface area contributed by atoms with E-state index in [2.05, 4.69) is 58.2 Å². The highest BCUT2D eigenvalue weighted by molar-refractivity contribution is 7.99. The van der Waals surface area contributed by atoms with Gasteiger partial charge in [0, 0.05) is 66.2 Å². The molecule has 2 aromatic rings. The number of carboxylic acids is 2. The summed E-state index contributed by atoms with van der Waals surface area (Å²) < 4.78 is 0. The summed E-state index contributed by atoms with van der Waals surface area (Å²) >= 11 is 1.77. The normalized spacial score (nSPS) is 15.9. The Morgan fingerprint density at radius 1 is 1.00 bits per heavy atom. The van der Waals surface area contributed by atoms with E-state index in [1.165, 1.54) is 21.7 Å². The van der Waals surface area contributed by atoms with Crippen LogP contribution in [0.2, 0.25) is 0 Å². The third kappa shape index (κ3) is 5.71. The number of fused-ring (bicyclic) bond motifs is 2. The molecule has 0 unspecified atom stereocenters. The lowest BCUT2D eigenvalue weighted by Crippen LogP contribution is -2.43. The molecule has 0 amide bonds. The van der Waals surface area contributed by atoms with Crippen LogP contribution in [0.25, 0.3) is 11.8 Å². The van der Waals surface area contributed by atoms with Crippen molar-refractivity contribution in [3.63, 3.8) is 0 Å². The lowest BCUT2D eigenvalue weighted by atomic mass is 10.1. The minimum atomic E-state index is -1.26. The van der Waals surface area contributed by atoms with Crippen molar-refractivity contribution in [2.45, 2.75) is 9.92 Å². The van der Waals surface area contributed by atoms with Crippen molar-refractivity contribution in [2.24, 2.45) is 0 Å². The molecule has 3 heterocycles. The fourth-order valence-corrected chi connectivity index (χ4v) is 4.14. The third-order valence-electron chi connectivity index (χ3n) is 4.67. The zero-order chi connectivity index (χ0) is 21.5. The monoisotopic (exact) mass is 425 g/mol. The topological polar surface area (TPSA) is 94.0 Å². The molecule has 1 saturated heterocycles. The molecular weight excluding hydrogens is 402 g/mol. The largest absolute Gasteiger partial charge is 0.478 e. The van der Waals surface area contributed by atoms with Crippen molar-refractivity contribution in [3.05, 3.63) is 65.9 Å². The van der Waals surface area contributed by atoms with Gasteiger partial charge in [-0.1, -0.05) is 36.0 Å². The number of likely N-dealkylation sites (N-methyl/N-ethyl adjacent to an activating group) is 1. The summed E-state index contributed by atoms with van der Waals surface area (Å²) in [6.45, 7) is 4.40. The average molecular weight is 426 g/mol. The molecule has 156 valence electrons. The van der Waals surface area contributed by atoms with E-state index in [0.29, 0.717) is 12.2 Å². The smallest absolute Gasteiger partial charge is 0.328 e. The first kappa shape index (κ1) is 21.6. The number of aliphatic carboxylic acids is 2. The van der Waals surface area contributed by atoms with Gasteiger partial charge in [0.2, 0.25) is 0 Å². The molecule has 7 nitrogen and oxygen atoms in total. The van der Waals surface area contributed by atoms with Crippen LogP contribution in [0.5, 0.6) is 0 Å². The first-order chi connectivity index (χ1) is 14.4. The molecule has 0 atom stereocenters. The zero-order valence-electron chi connectivity index (χ0n) is 16.6. The Balaban J connectivity index is 0.000000275. The molecule has 30 heavy (non-hydrogen) atoms. The predicted octanol–water partition coefficient (Wildman–Crippen LogP) is 3.00. The number of carboxylic acid groups (broad SMARTS) is 2. The molecule has 8 heteroatoms. The minimum Gasteiger partial charge on any atom is -0.478 e. The highest BCUT2D eigenvalue weighted by Crippen LogP contribution is 2.40. The molecule has 0 aliphatic carbocycles. The van der Waals surface area contributed by atoms with Crippen LogP contribution in [0.1, 0.15) is 11.1 Å². The van der Waals surface area contributed by atoms with Gasteiger partial charge in [-0.3, -0.25) is 0 Å². The summed E-state index contributed by atoms with van der Waals surface area (Å²) in [4.78, 5) is 29.9. The number of nitrogens with zero attached hydrogens (tertiary/aromatic N) is 3. The molecule has 2 N–H and O–H groups in total. The summed E-state index contributed by atoms with van der Waals surface area (Å²) in [6.07, 6.45) is 5.31. The highest BCUT2D eigenvalue weighted by Gasteiger charge is 2.22. The van der Waals surface area contributed by atoms with Gasteiger partial charge < -0.3 is 20.0 Å². The lowest BCUT2D eigenvalue weighted by molar-refractivity contribution is -0.134. The van der Waals surface area contributed by atoms with Crippen LogP contribution in [0, 0.1) is 0 Å². The molecule has 4 rings (SSSR count). The van der Waals surface area contributed by atoms with Gasteiger partial charge >= 0.3 is 11.9 Å². The van der Waals surface area contributed by atoms with Crippen LogP contribution >= 0.6 is 11.8 Å². The Bertz CT molecular complexity index is 966. The van der Waals surface area contributed by atoms with E-state index in [0.717, 1.165) is 31.2 Å². The molecule has 1 aromatic heterocycles. The Morgan fingerprint density at radius 3 is 2.33 bits per heavy atom. The van der Waals surface area contributed by atoms with E-state index >= 15 is 0 Å². The second kappa shape index (κ2) is 10.1. The Morgan fingerprint density at radius 2 is 1.67 bits per heavy atom. The van der Waals surface area contributed by atoms with Crippen molar-refractivity contribution in [1.29, 1.82) is 0 Å². The fourth-order valence-electron chi connectivity index (χ4n) is 3.15. The Hall–Kier alpha value is -3.10. The van der Waals surface area contributed by atoms with E-state index < -0.39 is 11.9 Å². The van der Waals surface area contributed by atoms with Gasteiger partial charge in [0.25, 0.3) is 0 Å². The molecular formula is C22H23N3O4S. The van der Waals surface area contributed by atoms with Crippen LogP contribution in [0.4, 0.5) is 0 Å². The summed E-state index contributed by atoms with van der Waals surface area (Å²) in [6, 6.07) is 12.9. The first-order valence-corrected chi connectivity index (χ1v) is 10.3. The molecule has 0 saturated carbocycles. The van der Waals surface area contributed by atoms with Crippen molar-refractivity contribution in [2.75, 3.05) is 33.2 Å². The molecule has 2 aliphatic rings. The molecule has 0 radical (unpaired) electrons. The number of carbonyl (C=O) groups is 2. The second-order valence-corrected chi connectivity index (χ2v) is 7.86. The van der Waals surface area contributed by atoms with E-state index in [1.807, 2.05) is 12.3 Å². The number of benzene rings is 1. The van der Waals surface area contributed by atoms with Crippen LogP contribution in [0.3, 0.4) is 0 Å². The number of aromatic nitrogens is 1. The average Bonchev–Trinajstić information content (AvgIpc) is 2.90. The van der Waals surface area contributed by atoms with Gasteiger partial charge in [-0.05, 0) is 25.3 Å². The van der Waals surface area contributed by atoms with E-state index in [1.54, 1.807) is 11.8 Å². The number of pyridine rings is 1. The molecule has 0 spiro atoms. The van der Waals surface area contributed by atoms with Crippen molar-refractivity contribution in [1.82, 2.24) is 14.8 Å². The van der Waals surface area contributed by atoms with Crippen LogP contribution in [-0.2, 0) is 9.59 Å². The van der Waals surface area contributed by atoms with E-state index in [-0.39, 0.29) is 0 Å². The van der Waals surface area contributed by atoms with Crippen LogP contribution in [0.15, 0.2) is 64.7 Å². The Labute approximate surface area is 179 Å². The highest BCUT2D eigenvalue weighted by atomic mass is 32.2. The first-order valence-electron chi connectivity index (χ1n) is 9.45. The van der Waals surface area contributed by atoms with Crippen molar-refractivity contribution in [3.8, 4) is 0 Å². The minimum absolute atomic E-state index is 0.558. The van der Waals surface area contributed by atoms with Crippen LogP contribution in [-0.4, -0.2) is 70.2 Å². The molecule has 1 fully saturated rings. The summed E-state index contributed by atoms with van der Waals surface area (Å²) in [7, 11) is 2.20. The fraction of sp³-hybridized carbons (Fsp3) is 0.227. The van der Waals surface area contributed by atoms with Crippen molar-refractivity contribution >= 4 is 35.5 Å². The van der Waals surface area contributed by atoms with Crippen molar-refractivity contribution < 1.29 is 19.8 Å². The Kier molecular flexibility index (Phi) is 7.26.